The predicted molar refractivity (Wildman–Crippen MR) is 100 cm³/mol. The molecular formula is C19H36N4O2. The fraction of sp³-hybridized carbons (Fsp3) is 0.895. The highest BCUT2D eigenvalue weighted by Gasteiger charge is 2.30. The standard InChI is InChI=1S/C19H36N4O2/c1-4-9-23(17-7-8-20-13-17)18(24)11-16-6-5-10-22(14-16)19(25)21-12-15(2)3/h15-17,20H,4-14H2,1-3H3,(H,21,25). The zero-order valence-corrected chi connectivity index (χ0v) is 16.2. The van der Waals surface area contributed by atoms with Gasteiger partial charge >= 0.3 is 6.03 Å². The molecule has 2 saturated heterocycles. The first-order valence-electron chi connectivity index (χ1n) is 10.0. The van der Waals surface area contributed by atoms with Crippen LogP contribution in [0.15, 0.2) is 0 Å². The molecule has 2 fully saturated rings. The molecule has 3 amide bonds. The lowest BCUT2D eigenvalue weighted by atomic mass is 9.94. The molecule has 2 aliphatic heterocycles. The average molecular weight is 353 g/mol. The van der Waals surface area contributed by atoms with Crippen molar-refractivity contribution in [1.82, 2.24) is 20.4 Å². The van der Waals surface area contributed by atoms with Gasteiger partial charge in [0.15, 0.2) is 0 Å². The summed E-state index contributed by atoms with van der Waals surface area (Å²) in [7, 11) is 0. The Morgan fingerprint density at radius 3 is 2.76 bits per heavy atom. The molecule has 144 valence electrons. The first kappa shape index (κ1) is 20.0. The fourth-order valence-electron chi connectivity index (χ4n) is 3.84. The first-order chi connectivity index (χ1) is 12.0. The molecule has 6 heteroatoms. The van der Waals surface area contributed by atoms with Crippen LogP contribution in [0.5, 0.6) is 0 Å². The number of carbonyl (C=O) groups excluding carboxylic acids is 2. The Balaban J connectivity index is 1.85. The van der Waals surface area contributed by atoms with Crippen LogP contribution >= 0.6 is 0 Å². The minimum absolute atomic E-state index is 0.0243. The van der Waals surface area contributed by atoms with Crippen LogP contribution in [0.3, 0.4) is 0 Å². The molecule has 0 bridgehead atoms. The Morgan fingerprint density at radius 1 is 1.32 bits per heavy atom. The van der Waals surface area contributed by atoms with Gasteiger partial charge in [-0.1, -0.05) is 20.8 Å². The van der Waals surface area contributed by atoms with E-state index in [0.717, 1.165) is 51.9 Å². The monoisotopic (exact) mass is 352 g/mol. The fourth-order valence-corrected chi connectivity index (χ4v) is 3.84. The second-order valence-electron chi connectivity index (χ2n) is 7.97. The number of carbonyl (C=O) groups is 2. The number of nitrogens with zero attached hydrogens (tertiary/aromatic N) is 2. The minimum Gasteiger partial charge on any atom is -0.338 e. The number of nitrogens with one attached hydrogen (secondary N) is 2. The number of piperidine rings is 1. The third-order valence-corrected chi connectivity index (χ3v) is 5.19. The van der Waals surface area contributed by atoms with Crippen molar-refractivity contribution in [2.75, 3.05) is 39.3 Å². The molecule has 2 unspecified atom stereocenters. The molecule has 2 atom stereocenters. The molecule has 0 aliphatic carbocycles. The molecule has 0 radical (unpaired) electrons. The van der Waals surface area contributed by atoms with Crippen LogP contribution < -0.4 is 10.6 Å². The van der Waals surface area contributed by atoms with Gasteiger partial charge in [-0.25, -0.2) is 4.79 Å². The van der Waals surface area contributed by atoms with Crippen molar-refractivity contribution in [3.63, 3.8) is 0 Å². The van der Waals surface area contributed by atoms with E-state index in [9.17, 15) is 9.59 Å². The van der Waals surface area contributed by atoms with Gasteiger partial charge in [0, 0.05) is 45.2 Å². The van der Waals surface area contributed by atoms with Crippen LogP contribution in [0, 0.1) is 11.8 Å². The van der Waals surface area contributed by atoms with Gasteiger partial charge in [-0.15, -0.1) is 0 Å². The van der Waals surface area contributed by atoms with E-state index in [1.807, 2.05) is 4.90 Å². The van der Waals surface area contributed by atoms with Gasteiger partial charge in [0.05, 0.1) is 0 Å². The van der Waals surface area contributed by atoms with Crippen molar-refractivity contribution in [2.24, 2.45) is 11.8 Å². The molecule has 0 aromatic heterocycles. The van der Waals surface area contributed by atoms with Crippen molar-refractivity contribution in [1.29, 1.82) is 0 Å². The molecule has 0 saturated carbocycles. The highest BCUT2D eigenvalue weighted by atomic mass is 16.2. The quantitative estimate of drug-likeness (QED) is 0.737. The van der Waals surface area contributed by atoms with Crippen LogP contribution in [0.25, 0.3) is 0 Å². The smallest absolute Gasteiger partial charge is 0.317 e. The van der Waals surface area contributed by atoms with Crippen molar-refractivity contribution < 1.29 is 9.59 Å². The molecule has 0 spiro atoms. The van der Waals surface area contributed by atoms with Gasteiger partial charge in [-0.05, 0) is 44.1 Å². The number of urea groups is 1. The van der Waals surface area contributed by atoms with Crippen LogP contribution in [-0.2, 0) is 4.79 Å². The Labute approximate surface area is 152 Å². The summed E-state index contributed by atoms with van der Waals surface area (Å²) in [6.45, 7) is 11.3. The molecular weight excluding hydrogens is 316 g/mol. The van der Waals surface area contributed by atoms with Crippen molar-refractivity contribution in [3.05, 3.63) is 0 Å². The third kappa shape index (κ3) is 6.17. The summed E-state index contributed by atoms with van der Waals surface area (Å²) in [5.74, 6) is 1.01. The summed E-state index contributed by atoms with van der Waals surface area (Å²) in [6.07, 6.45) is 4.66. The van der Waals surface area contributed by atoms with Crippen LogP contribution in [0.2, 0.25) is 0 Å². The maximum absolute atomic E-state index is 12.9. The highest BCUT2D eigenvalue weighted by molar-refractivity contribution is 5.77. The molecule has 2 heterocycles. The Hall–Kier alpha value is -1.30. The van der Waals surface area contributed by atoms with Gasteiger partial charge in [0.2, 0.25) is 5.91 Å². The van der Waals surface area contributed by atoms with Gasteiger partial charge < -0.3 is 20.4 Å². The summed E-state index contributed by atoms with van der Waals surface area (Å²) in [6, 6.07) is 0.373. The lowest BCUT2D eigenvalue weighted by Crippen LogP contribution is -2.48. The van der Waals surface area contributed by atoms with E-state index in [1.165, 1.54) is 0 Å². The van der Waals surface area contributed by atoms with E-state index in [2.05, 4.69) is 36.3 Å². The van der Waals surface area contributed by atoms with Gasteiger partial charge in [-0.2, -0.15) is 0 Å². The number of rotatable bonds is 7. The summed E-state index contributed by atoms with van der Waals surface area (Å²) >= 11 is 0. The van der Waals surface area contributed by atoms with E-state index in [-0.39, 0.29) is 11.9 Å². The SMILES string of the molecule is CCCN(C(=O)CC1CCCN(C(=O)NCC(C)C)C1)C1CCNC1. The molecule has 0 aromatic carbocycles. The number of hydrogen-bond donors (Lipinski definition) is 2. The van der Waals surface area contributed by atoms with Crippen molar-refractivity contribution in [3.8, 4) is 0 Å². The molecule has 2 rings (SSSR count). The average Bonchev–Trinajstić information content (AvgIpc) is 3.11. The van der Waals surface area contributed by atoms with E-state index < -0.39 is 0 Å². The lowest BCUT2D eigenvalue weighted by molar-refractivity contribution is -0.134. The second kappa shape index (κ2) is 10.00. The van der Waals surface area contributed by atoms with E-state index in [4.69, 9.17) is 0 Å². The molecule has 25 heavy (non-hydrogen) atoms. The summed E-state index contributed by atoms with van der Waals surface area (Å²) in [5.41, 5.74) is 0. The lowest BCUT2D eigenvalue weighted by Gasteiger charge is -2.35. The van der Waals surface area contributed by atoms with Crippen molar-refractivity contribution >= 4 is 11.9 Å². The Kier molecular flexibility index (Phi) is 8.00. The highest BCUT2D eigenvalue weighted by Crippen LogP contribution is 2.22. The first-order valence-corrected chi connectivity index (χ1v) is 10.0. The van der Waals surface area contributed by atoms with Gasteiger partial charge in [0.1, 0.15) is 0 Å². The van der Waals surface area contributed by atoms with Gasteiger partial charge in [-0.3, -0.25) is 4.79 Å². The number of amides is 3. The second-order valence-corrected chi connectivity index (χ2v) is 7.97. The molecule has 6 nitrogen and oxygen atoms in total. The van der Waals surface area contributed by atoms with Crippen LogP contribution in [0.1, 0.15) is 52.9 Å². The normalized spacial score (nSPS) is 23.8. The molecule has 2 aliphatic rings. The van der Waals surface area contributed by atoms with E-state index in [0.29, 0.717) is 37.4 Å². The minimum atomic E-state index is 0.0243. The topological polar surface area (TPSA) is 64.7 Å². The summed E-state index contributed by atoms with van der Waals surface area (Å²) in [5, 5.41) is 6.36. The van der Waals surface area contributed by atoms with Gasteiger partial charge in [0.25, 0.3) is 0 Å². The molecule has 2 N–H and O–H groups in total. The van der Waals surface area contributed by atoms with E-state index in [1.54, 1.807) is 0 Å². The van der Waals surface area contributed by atoms with Crippen LogP contribution in [-0.4, -0.2) is 67.0 Å². The van der Waals surface area contributed by atoms with E-state index >= 15 is 0 Å². The maximum Gasteiger partial charge on any atom is 0.317 e. The summed E-state index contributed by atoms with van der Waals surface area (Å²) < 4.78 is 0. The van der Waals surface area contributed by atoms with Crippen LogP contribution in [0.4, 0.5) is 4.79 Å². The summed E-state index contributed by atoms with van der Waals surface area (Å²) in [4.78, 5) is 29.1. The van der Waals surface area contributed by atoms with Crippen molar-refractivity contribution in [2.45, 2.75) is 58.9 Å². The molecule has 0 aromatic rings. The third-order valence-electron chi connectivity index (χ3n) is 5.19. The number of likely N-dealkylation sites (tertiary alicyclic amines) is 1. The zero-order chi connectivity index (χ0) is 18.2. The Bertz CT molecular complexity index is 435. The Morgan fingerprint density at radius 2 is 2.12 bits per heavy atom. The number of hydrogen-bond acceptors (Lipinski definition) is 3. The largest absolute Gasteiger partial charge is 0.338 e. The maximum atomic E-state index is 12.9. The predicted octanol–water partition coefficient (Wildman–Crippen LogP) is 2.05. The zero-order valence-electron chi connectivity index (χ0n) is 16.2.